The molecule has 0 saturated heterocycles. The topological polar surface area (TPSA) is 133 Å². The number of amides is 1. The molecule has 10 nitrogen and oxygen atoms in total. The summed E-state index contributed by atoms with van der Waals surface area (Å²) in [5.41, 5.74) is 2.90. The zero-order valence-electron chi connectivity index (χ0n) is 14.8. The van der Waals surface area contributed by atoms with Gasteiger partial charge in [-0.1, -0.05) is 0 Å². The fraction of sp³-hybridized carbons (Fsp3) is 0.176. The summed E-state index contributed by atoms with van der Waals surface area (Å²) in [6.45, 7) is 2.95. The minimum Gasteiger partial charge on any atom is -0.488 e. The molecule has 0 aliphatic rings. The number of esters is 1. The van der Waals surface area contributed by atoms with Gasteiger partial charge in [0.25, 0.3) is 5.91 Å². The van der Waals surface area contributed by atoms with Crippen molar-refractivity contribution in [3.63, 3.8) is 0 Å². The Balaban J connectivity index is 2.28. The third kappa shape index (κ3) is 4.84. The highest BCUT2D eigenvalue weighted by Gasteiger charge is 2.25. The van der Waals surface area contributed by atoms with E-state index in [2.05, 4.69) is 15.5 Å². The number of carbonyl (C=O) groups excluding carboxylic acids is 2. The number of carbonyl (C=O) groups is 2. The number of hydrazone groups is 1. The third-order valence-electron chi connectivity index (χ3n) is 3.31. The molecular formula is C17H16N4O6. The van der Waals surface area contributed by atoms with Crippen molar-refractivity contribution in [2.45, 2.75) is 13.8 Å². The maximum atomic E-state index is 12.0. The van der Waals surface area contributed by atoms with Crippen molar-refractivity contribution in [2.75, 3.05) is 7.11 Å². The SMILES string of the molecule is COc1c(OC(C)=O)ccc(C=NNC(=O)c2ccc(C)nc2)c1[N+](=O)[O-]. The maximum absolute atomic E-state index is 12.0. The lowest BCUT2D eigenvalue weighted by Gasteiger charge is -2.09. The lowest BCUT2D eigenvalue weighted by molar-refractivity contribution is -0.385. The molecule has 0 saturated carbocycles. The van der Waals surface area contributed by atoms with Gasteiger partial charge in [-0.15, -0.1) is 0 Å². The predicted octanol–water partition coefficient (Wildman–Crippen LogP) is 2.00. The van der Waals surface area contributed by atoms with Gasteiger partial charge in [0.15, 0.2) is 5.75 Å². The highest BCUT2D eigenvalue weighted by atomic mass is 16.6. The van der Waals surface area contributed by atoms with Crippen LogP contribution in [0.25, 0.3) is 0 Å². The molecular weight excluding hydrogens is 356 g/mol. The van der Waals surface area contributed by atoms with Crippen molar-refractivity contribution in [3.8, 4) is 11.5 Å². The number of rotatable bonds is 6. The van der Waals surface area contributed by atoms with E-state index in [-0.39, 0.29) is 22.6 Å². The largest absolute Gasteiger partial charge is 0.488 e. The Morgan fingerprint density at radius 2 is 2.04 bits per heavy atom. The first-order chi connectivity index (χ1) is 12.8. The van der Waals surface area contributed by atoms with Crippen LogP contribution in [0, 0.1) is 17.0 Å². The Labute approximate surface area is 154 Å². The summed E-state index contributed by atoms with van der Waals surface area (Å²) >= 11 is 0. The number of nitro benzene ring substituents is 1. The first-order valence-electron chi connectivity index (χ1n) is 7.63. The smallest absolute Gasteiger partial charge is 0.323 e. The minimum absolute atomic E-state index is 0.0510. The minimum atomic E-state index is -0.696. The van der Waals surface area contributed by atoms with E-state index in [1.807, 2.05) is 0 Å². The van der Waals surface area contributed by atoms with Crippen molar-refractivity contribution in [1.29, 1.82) is 0 Å². The standard InChI is InChI=1S/C17H16N4O6/c1-10-4-5-13(8-18-10)17(23)20-19-9-12-6-7-14(27-11(2)22)16(26-3)15(12)21(24)25/h4-9H,1-3H3,(H,20,23). The van der Waals surface area contributed by atoms with Crippen molar-refractivity contribution in [1.82, 2.24) is 10.4 Å². The third-order valence-corrected chi connectivity index (χ3v) is 3.31. The van der Waals surface area contributed by atoms with E-state index in [1.165, 1.54) is 25.4 Å². The molecule has 0 radical (unpaired) electrons. The predicted molar refractivity (Wildman–Crippen MR) is 95.0 cm³/mol. The molecule has 27 heavy (non-hydrogen) atoms. The number of aryl methyl sites for hydroxylation is 1. The molecule has 140 valence electrons. The second-order valence-electron chi connectivity index (χ2n) is 5.27. The molecule has 2 aromatic rings. The van der Waals surface area contributed by atoms with Gasteiger partial charge in [0.1, 0.15) is 0 Å². The zero-order valence-corrected chi connectivity index (χ0v) is 14.8. The van der Waals surface area contributed by atoms with Crippen molar-refractivity contribution in [3.05, 3.63) is 57.4 Å². The number of methoxy groups -OCH3 is 1. The second kappa shape index (κ2) is 8.52. The van der Waals surface area contributed by atoms with Gasteiger partial charge in [-0.25, -0.2) is 5.43 Å². The monoisotopic (exact) mass is 372 g/mol. The van der Waals surface area contributed by atoms with E-state index in [0.717, 1.165) is 18.8 Å². The lowest BCUT2D eigenvalue weighted by Crippen LogP contribution is -2.18. The molecule has 0 aliphatic heterocycles. The summed E-state index contributed by atoms with van der Waals surface area (Å²) in [5, 5.41) is 15.1. The van der Waals surface area contributed by atoms with Gasteiger partial charge >= 0.3 is 11.7 Å². The number of pyridine rings is 1. The molecule has 1 amide bonds. The quantitative estimate of drug-likeness (QED) is 0.269. The number of ether oxygens (including phenoxy) is 2. The van der Waals surface area contributed by atoms with Gasteiger partial charge < -0.3 is 9.47 Å². The molecule has 10 heteroatoms. The highest BCUT2D eigenvalue weighted by molar-refractivity contribution is 5.95. The fourth-order valence-electron chi connectivity index (χ4n) is 2.12. The van der Waals surface area contributed by atoms with Crippen LogP contribution in [0.4, 0.5) is 5.69 Å². The van der Waals surface area contributed by atoms with Crippen LogP contribution in [0.1, 0.15) is 28.5 Å². The van der Waals surface area contributed by atoms with E-state index in [0.29, 0.717) is 0 Å². The molecule has 1 N–H and O–H groups in total. The molecule has 1 aromatic heterocycles. The summed E-state index contributed by atoms with van der Waals surface area (Å²) in [6, 6.07) is 5.90. The number of aromatic nitrogens is 1. The summed E-state index contributed by atoms with van der Waals surface area (Å²) in [7, 11) is 1.21. The fourth-order valence-corrected chi connectivity index (χ4v) is 2.12. The first kappa shape index (κ1) is 19.5. The van der Waals surface area contributed by atoms with E-state index >= 15 is 0 Å². The van der Waals surface area contributed by atoms with Crippen molar-refractivity contribution >= 4 is 23.8 Å². The number of hydrogen-bond acceptors (Lipinski definition) is 8. The van der Waals surface area contributed by atoms with Crippen LogP contribution in [-0.2, 0) is 4.79 Å². The maximum Gasteiger partial charge on any atom is 0.323 e. The molecule has 0 unspecified atom stereocenters. The molecule has 1 aromatic carbocycles. The van der Waals surface area contributed by atoms with E-state index in [1.54, 1.807) is 19.1 Å². The number of nitrogens with zero attached hydrogens (tertiary/aromatic N) is 3. The average Bonchev–Trinajstić information content (AvgIpc) is 2.62. The summed E-state index contributed by atoms with van der Waals surface area (Å²) in [4.78, 5) is 37.8. The van der Waals surface area contributed by atoms with Crippen LogP contribution in [0.3, 0.4) is 0 Å². The molecule has 0 spiro atoms. The van der Waals surface area contributed by atoms with Crippen LogP contribution in [0.2, 0.25) is 0 Å². The normalized spacial score (nSPS) is 10.5. The zero-order chi connectivity index (χ0) is 20.0. The van der Waals surface area contributed by atoms with E-state index in [9.17, 15) is 19.7 Å². The average molecular weight is 372 g/mol. The van der Waals surface area contributed by atoms with Gasteiger partial charge in [0.05, 0.1) is 29.4 Å². The highest BCUT2D eigenvalue weighted by Crippen LogP contribution is 2.39. The summed E-state index contributed by atoms with van der Waals surface area (Å²) in [6.07, 6.45) is 2.48. The molecule has 0 fully saturated rings. The van der Waals surface area contributed by atoms with Crippen LogP contribution in [-0.4, -0.2) is 35.1 Å². The van der Waals surface area contributed by atoms with Gasteiger partial charge in [-0.2, -0.15) is 5.10 Å². The Kier molecular flexibility index (Phi) is 6.15. The second-order valence-corrected chi connectivity index (χ2v) is 5.27. The number of nitro groups is 1. The number of nitrogens with one attached hydrogen (secondary N) is 1. The van der Waals surface area contributed by atoms with Crippen LogP contribution in [0.5, 0.6) is 11.5 Å². The van der Waals surface area contributed by atoms with Crippen molar-refractivity contribution in [2.24, 2.45) is 5.10 Å². The molecule has 0 bridgehead atoms. The first-order valence-corrected chi connectivity index (χ1v) is 7.63. The van der Waals surface area contributed by atoms with Gasteiger partial charge in [0.2, 0.25) is 5.75 Å². The Morgan fingerprint density at radius 3 is 2.59 bits per heavy atom. The number of hydrogen-bond donors (Lipinski definition) is 1. The molecule has 1 heterocycles. The number of benzene rings is 1. The van der Waals surface area contributed by atoms with Crippen LogP contribution >= 0.6 is 0 Å². The summed E-state index contributed by atoms with van der Waals surface area (Å²) < 4.78 is 9.91. The lowest BCUT2D eigenvalue weighted by atomic mass is 10.1. The van der Waals surface area contributed by atoms with E-state index < -0.39 is 22.5 Å². The molecule has 0 atom stereocenters. The van der Waals surface area contributed by atoms with Gasteiger partial charge in [-0.3, -0.25) is 24.7 Å². The summed E-state index contributed by atoms with van der Waals surface area (Å²) in [5.74, 6) is -1.50. The Morgan fingerprint density at radius 1 is 1.30 bits per heavy atom. The van der Waals surface area contributed by atoms with E-state index in [4.69, 9.17) is 9.47 Å². The Bertz CT molecular complexity index is 908. The van der Waals surface area contributed by atoms with Crippen LogP contribution < -0.4 is 14.9 Å². The van der Waals surface area contributed by atoms with Gasteiger partial charge in [-0.05, 0) is 31.2 Å². The van der Waals surface area contributed by atoms with Crippen LogP contribution in [0.15, 0.2) is 35.6 Å². The molecule has 0 aliphatic carbocycles. The Hall–Kier alpha value is -3.82. The molecule has 2 rings (SSSR count). The van der Waals surface area contributed by atoms with Gasteiger partial charge in [0, 0.05) is 18.8 Å². The van der Waals surface area contributed by atoms with Crippen molar-refractivity contribution < 1.29 is 24.0 Å².